The number of nitrogens with zero attached hydrogens (tertiary/aromatic N) is 1. The average molecular weight is 315 g/mol. The number of hydrogen-bond donors (Lipinski definition) is 0. The lowest BCUT2D eigenvalue weighted by Gasteiger charge is -2.46. The van der Waals surface area contributed by atoms with Crippen molar-refractivity contribution in [2.75, 3.05) is 19.7 Å². The summed E-state index contributed by atoms with van der Waals surface area (Å²) in [6.07, 6.45) is 6.01. The Morgan fingerprint density at radius 1 is 1.13 bits per heavy atom. The van der Waals surface area contributed by atoms with E-state index in [0.29, 0.717) is 12.3 Å². The van der Waals surface area contributed by atoms with Crippen molar-refractivity contribution in [3.63, 3.8) is 0 Å². The number of ether oxygens (including phenoxy) is 1. The molecule has 2 heterocycles. The maximum atomic E-state index is 12.9. The van der Waals surface area contributed by atoms with Gasteiger partial charge in [-0.05, 0) is 51.5 Å². The Balaban J connectivity index is 1.85. The van der Waals surface area contributed by atoms with Gasteiger partial charge in [-0.2, -0.15) is 0 Å². The molecule has 2 aliphatic rings. The van der Waals surface area contributed by atoms with Gasteiger partial charge in [0.15, 0.2) is 0 Å². The minimum atomic E-state index is -0.170. The summed E-state index contributed by atoms with van der Waals surface area (Å²) in [4.78, 5) is 15.0. The minimum absolute atomic E-state index is 0.0858. The van der Waals surface area contributed by atoms with E-state index >= 15 is 0 Å². The number of likely N-dealkylation sites (tertiary alicyclic amines) is 1. The number of carbonyl (C=O) groups is 1. The van der Waals surface area contributed by atoms with Crippen molar-refractivity contribution in [1.29, 1.82) is 0 Å². The van der Waals surface area contributed by atoms with Gasteiger partial charge in [-0.1, -0.05) is 30.3 Å². The van der Waals surface area contributed by atoms with Crippen molar-refractivity contribution in [1.82, 2.24) is 4.90 Å². The fraction of sp³-hybridized carbons (Fsp3) is 0.650. The number of benzene rings is 1. The molecule has 1 aromatic rings. The summed E-state index contributed by atoms with van der Waals surface area (Å²) in [5.41, 5.74) is 1.04. The molecule has 2 fully saturated rings. The fourth-order valence-electron chi connectivity index (χ4n) is 4.31. The summed E-state index contributed by atoms with van der Waals surface area (Å²) in [6.45, 7) is 6.90. The average Bonchev–Trinajstić information content (AvgIpc) is 2.55. The number of piperidine rings is 1. The molecule has 2 aliphatic heterocycles. The van der Waals surface area contributed by atoms with Crippen LogP contribution in [0.2, 0.25) is 0 Å². The highest BCUT2D eigenvalue weighted by Gasteiger charge is 2.44. The van der Waals surface area contributed by atoms with Crippen molar-refractivity contribution in [3.8, 4) is 0 Å². The van der Waals surface area contributed by atoms with Crippen LogP contribution in [0.25, 0.3) is 0 Å². The van der Waals surface area contributed by atoms with Crippen molar-refractivity contribution >= 4 is 5.91 Å². The number of carbonyl (C=O) groups excluding carboxylic acids is 1. The zero-order valence-corrected chi connectivity index (χ0v) is 14.5. The molecule has 0 saturated carbocycles. The Morgan fingerprint density at radius 3 is 2.48 bits per heavy atom. The van der Waals surface area contributed by atoms with Gasteiger partial charge in [0.2, 0.25) is 5.91 Å². The van der Waals surface area contributed by atoms with Crippen molar-refractivity contribution in [3.05, 3.63) is 35.9 Å². The number of rotatable bonds is 3. The molecular weight excluding hydrogens is 286 g/mol. The van der Waals surface area contributed by atoms with Crippen LogP contribution in [0.5, 0.6) is 0 Å². The van der Waals surface area contributed by atoms with Gasteiger partial charge >= 0.3 is 0 Å². The van der Waals surface area contributed by atoms with Crippen LogP contribution in [0.15, 0.2) is 30.3 Å². The van der Waals surface area contributed by atoms with Crippen LogP contribution in [-0.2, 0) is 14.9 Å². The Morgan fingerprint density at radius 2 is 1.83 bits per heavy atom. The first-order valence-electron chi connectivity index (χ1n) is 8.98. The zero-order valence-electron chi connectivity index (χ0n) is 14.5. The third kappa shape index (κ3) is 3.77. The van der Waals surface area contributed by atoms with Crippen LogP contribution in [0.1, 0.15) is 57.9 Å². The normalized spacial score (nSPS) is 27.7. The Kier molecular flexibility index (Phi) is 4.77. The second-order valence-electron chi connectivity index (χ2n) is 7.80. The molecule has 0 spiro atoms. The first-order chi connectivity index (χ1) is 11.0. The highest BCUT2D eigenvalue weighted by Crippen LogP contribution is 2.44. The summed E-state index contributed by atoms with van der Waals surface area (Å²) in [6, 6.07) is 10.6. The van der Waals surface area contributed by atoms with Crippen molar-refractivity contribution in [2.45, 2.75) is 63.4 Å². The van der Waals surface area contributed by atoms with Crippen LogP contribution < -0.4 is 0 Å². The summed E-state index contributed by atoms with van der Waals surface area (Å²) in [5, 5.41) is 0. The molecule has 1 unspecified atom stereocenters. The molecule has 23 heavy (non-hydrogen) atoms. The van der Waals surface area contributed by atoms with Gasteiger partial charge in [-0.25, -0.2) is 0 Å². The van der Waals surface area contributed by atoms with E-state index in [9.17, 15) is 4.79 Å². The SMILES string of the molecule is CC1(C)CC(CC(=O)N2CCCCC2)(c2ccccc2)CCO1. The molecular formula is C20H29NO2. The highest BCUT2D eigenvalue weighted by molar-refractivity contribution is 5.78. The molecule has 1 amide bonds. The van der Waals surface area contributed by atoms with Crippen molar-refractivity contribution < 1.29 is 9.53 Å². The molecule has 0 aliphatic carbocycles. The monoisotopic (exact) mass is 315 g/mol. The van der Waals surface area contributed by atoms with E-state index in [1.54, 1.807) is 0 Å². The van der Waals surface area contributed by atoms with Crippen LogP contribution >= 0.6 is 0 Å². The second kappa shape index (κ2) is 6.64. The second-order valence-corrected chi connectivity index (χ2v) is 7.80. The predicted molar refractivity (Wildman–Crippen MR) is 92.4 cm³/mol. The lowest BCUT2D eigenvalue weighted by molar-refractivity contribution is -0.137. The minimum Gasteiger partial charge on any atom is -0.376 e. The fourth-order valence-corrected chi connectivity index (χ4v) is 4.31. The van der Waals surface area contributed by atoms with Crippen LogP contribution in [0, 0.1) is 0 Å². The van der Waals surface area contributed by atoms with Gasteiger partial charge in [-0.15, -0.1) is 0 Å². The maximum Gasteiger partial charge on any atom is 0.223 e. The molecule has 0 bridgehead atoms. The Labute approximate surface area is 140 Å². The van der Waals surface area contributed by atoms with Gasteiger partial charge in [0, 0.05) is 31.5 Å². The first-order valence-corrected chi connectivity index (χ1v) is 8.98. The van der Waals surface area contributed by atoms with E-state index in [4.69, 9.17) is 4.74 Å². The van der Waals surface area contributed by atoms with Crippen molar-refractivity contribution in [2.24, 2.45) is 0 Å². The van der Waals surface area contributed by atoms with E-state index in [2.05, 4.69) is 43.0 Å². The van der Waals surface area contributed by atoms with Gasteiger partial charge in [0.05, 0.1) is 5.60 Å². The summed E-state index contributed by atoms with van der Waals surface area (Å²) >= 11 is 0. The van der Waals surface area contributed by atoms with E-state index in [1.165, 1.54) is 12.0 Å². The number of amides is 1. The van der Waals surface area contributed by atoms with E-state index < -0.39 is 0 Å². The molecule has 0 N–H and O–H groups in total. The molecule has 3 nitrogen and oxygen atoms in total. The Bertz CT molecular complexity index is 534. The van der Waals surface area contributed by atoms with Crippen LogP contribution in [0.4, 0.5) is 0 Å². The smallest absolute Gasteiger partial charge is 0.223 e. The van der Waals surface area contributed by atoms with Gasteiger partial charge < -0.3 is 9.64 Å². The highest BCUT2D eigenvalue weighted by atomic mass is 16.5. The number of hydrogen-bond acceptors (Lipinski definition) is 2. The molecule has 0 radical (unpaired) electrons. The molecule has 0 aromatic heterocycles. The summed E-state index contributed by atoms with van der Waals surface area (Å²) < 4.78 is 5.94. The molecule has 3 heteroatoms. The van der Waals surface area contributed by atoms with Gasteiger partial charge in [0.1, 0.15) is 0 Å². The molecule has 1 atom stereocenters. The largest absolute Gasteiger partial charge is 0.376 e. The quantitative estimate of drug-likeness (QED) is 0.846. The van der Waals surface area contributed by atoms with Gasteiger partial charge in [-0.3, -0.25) is 4.79 Å². The first kappa shape index (κ1) is 16.5. The molecule has 126 valence electrons. The summed E-state index contributed by atoms with van der Waals surface area (Å²) in [7, 11) is 0. The van der Waals surface area contributed by atoms with Crippen LogP contribution in [-0.4, -0.2) is 36.1 Å². The lowest BCUT2D eigenvalue weighted by Crippen LogP contribution is -2.47. The standard InChI is InChI=1S/C20H29NO2/c1-19(2)16-20(11-14-23-19,17-9-5-3-6-10-17)15-18(22)21-12-7-4-8-13-21/h3,5-6,9-10H,4,7-8,11-16H2,1-2H3. The maximum absolute atomic E-state index is 12.9. The Hall–Kier alpha value is -1.35. The predicted octanol–water partition coefficient (Wildman–Crippen LogP) is 3.92. The topological polar surface area (TPSA) is 29.5 Å². The van der Waals surface area contributed by atoms with E-state index in [-0.39, 0.29) is 11.0 Å². The van der Waals surface area contributed by atoms with E-state index in [1.807, 2.05) is 6.07 Å². The van der Waals surface area contributed by atoms with Gasteiger partial charge in [0.25, 0.3) is 0 Å². The third-order valence-corrected chi connectivity index (χ3v) is 5.42. The third-order valence-electron chi connectivity index (χ3n) is 5.42. The molecule has 1 aromatic carbocycles. The van der Waals surface area contributed by atoms with Crippen LogP contribution in [0.3, 0.4) is 0 Å². The summed E-state index contributed by atoms with van der Waals surface area (Å²) in [5.74, 6) is 0.325. The molecule has 3 rings (SSSR count). The zero-order chi connectivity index (χ0) is 16.3. The molecule has 2 saturated heterocycles. The lowest BCUT2D eigenvalue weighted by atomic mass is 9.67. The van der Waals surface area contributed by atoms with E-state index in [0.717, 1.165) is 45.4 Å².